The van der Waals surface area contributed by atoms with Crippen molar-refractivity contribution in [2.75, 3.05) is 43.1 Å². The summed E-state index contributed by atoms with van der Waals surface area (Å²) in [4.78, 5) is 24.3. The molecule has 2 heterocycles. The number of hydrogen-bond donors (Lipinski definition) is 1. The Kier molecular flexibility index (Phi) is 6.32. The number of esters is 1. The zero-order chi connectivity index (χ0) is 21.8. The third kappa shape index (κ3) is 4.77. The molecule has 0 radical (unpaired) electrons. The normalized spacial score (nSPS) is 14.0. The number of aryl methyl sites for hydroxylation is 2. The zero-order valence-electron chi connectivity index (χ0n) is 18.3. The maximum absolute atomic E-state index is 12.7. The first kappa shape index (κ1) is 21.1. The quantitative estimate of drug-likeness (QED) is 0.593. The van der Waals surface area contributed by atoms with Gasteiger partial charge in [0.1, 0.15) is 0 Å². The second-order valence-electron chi connectivity index (χ2n) is 7.75. The van der Waals surface area contributed by atoms with E-state index in [1.54, 1.807) is 0 Å². The van der Waals surface area contributed by atoms with Crippen LogP contribution in [0.15, 0.2) is 36.4 Å². The summed E-state index contributed by atoms with van der Waals surface area (Å²) in [6.07, 6.45) is 0.747. The fraction of sp³-hybridized carbons (Fsp3) is 0.375. The van der Waals surface area contributed by atoms with E-state index in [0.29, 0.717) is 17.9 Å². The Bertz CT molecular complexity index is 1080. The molecule has 1 aliphatic rings. The van der Waals surface area contributed by atoms with Gasteiger partial charge in [0.15, 0.2) is 11.5 Å². The molecule has 0 bridgehead atoms. The summed E-state index contributed by atoms with van der Waals surface area (Å²) in [5, 5.41) is 3.27. The van der Waals surface area contributed by atoms with Gasteiger partial charge in [-0.25, -0.2) is 14.8 Å². The number of benzene rings is 2. The van der Waals surface area contributed by atoms with Crippen molar-refractivity contribution in [3.63, 3.8) is 0 Å². The second-order valence-corrected chi connectivity index (χ2v) is 7.75. The summed E-state index contributed by atoms with van der Waals surface area (Å²) in [5.74, 6) is -0.0714. The Morgan fingerprint density at radius 3 is 2.35 bits per heavy atom. The lowest BCUT2D eigenvalue weighted by Gasteiger charge is -2.28. The van der Waals surface area contributed by atoms with E-state index in [0.717, 1.165) is 60.7 Å². The summed E-state index contributed by atoms with van der Waals surface area (Å²) < 4.78 is 10.8. The molecule has 0 atom stereocenters. The molecule has 0 amide bonds. The molecule has 4 rings (SSSR count). The molecule has 7 nitrogen and oxygen atoms in total. The van der Waals surface area contributed by atoms with Gasteiger partial charge in [0, 0.05) is 24.5 Å². The summed E-state index contributed by atoms with van der Waals surface area (Å²) in [6.45, 7) is 9.62. The number of hydrogen-bond acceptors (Lipinski definition) is 7. The van der Waals surface area contributed by atoms with E-state index in [4.69, 9.17) is 14.5 Å². The van der Waals surface area contributed by atoms with E-state index in [-0.39, 0.29) is 5.69 Å². The number of rotatable bonds is 6. The van der Waals surface area contributed by atoms with Crippen molar-refractivity contribution in [3.8, 4) is 0 Å². The molecular formula is C24H28N4O3. The number of morpholine rings is 1. The van der Waals surface area contributed by atoms with Crippen LogP contribution in [0.25, 0.3) is 11.0 Å². The Morgan fingerprint density at radius 1 is 1.06 bits per heavy atom. The lowest BCUT2D eigenvalue weighted by Crippen LogP contribution is -2.36. The predicted octanol–water partition coefficient (Wildman–Crippen LogP) is 4.39. The lowest BCUT2D eigenvalue weighted by molar-refractivity contribution is 0.0499. The van der Waals surface area contributed by atoms with E-state index in [9.17, 15) is 4.79 Å². The Hall–Kier alpha value is -3.19. The molecule has 1 aliphatic heterocycles. The first-order valence-electron chi connectivity index (χ1n) is 10.7. The van der Waals surface area contributed by atoms with Gasteiger partial charge in [-0.15, -0.1) is 0 Å². The standard InChI is InChI=1S/C24H28N4O3/c1-4-11-31-24(29)22-23(27-21-15-17(3)16(2)14-20(21)26-22)25-18-5-7-19(8-6-18)28-9-12-30-13-10-28/h5-8,14-15H,4,9-13H2,1-3H3,(H,25,27). The largest absolute Gasteiger partial charge is 0.461 e. The van der Waals surface area contributed by atoms with Crippen LogP contribution < -0.4 is 10.2 Å². The fourth-order valence-corrected chi connectivity index (χ4v) is 3.52. The molecule has 0 saturated carbocycles. The number of nitrogens with zero attached hydrogens (tertiary/aromatic N) is 3. The number of carbonyl (C=O) groups is 1. The van der Waals surface area contributed by atoms with Crippen molar-refractivity contribution in [1.29, 1.82) is 0 Å². The van der Waals surface area contributed by atoms with Crippen LogP contribution in [0.5, 0.6) is 0 Å². The monoisotopic (exact) mass is 420 g/mol. The highest BCUT2D eigenvalue weighted by atomic mass is 16.5. The van der Waals surface area contributed by atoms with Crippen LogP contribution in [0.3, 0.4) is 0 Å². The van der Waals surface area contributed by atoms with Crippen LogP contribution in [0.4, 0.5) is 17.2 Å². The van der Waals surface area contributed by atoms with Crippen molar-refractivity contribution in [2.24, 2.45) is 0 Å². The molecule has 1 fully saturated rings. The molecule has 31 heavy (non-hydrogen) atoms. The number of nitrogens with one attached hydrogen (secondary N) is 1. The van der Waals surface area contributed by atoms with Gasteiger partial charge in [-0.1, -0.05) is 6.92 Å². The number of aromatic nitrogens is 2. The van der Waals surface area contributed by atoms with E-state index >= 15 is 0 Å². The Balaban J connectivity index is 1.65. The smallest absolute Gasteiger partial charge is 0.360 e. The number of fused-ring (bicyclic) bond motifs is 1. The van der Waals surface area contributed by atoms with Gasteiger partial charge in [-0.3, -0.25) is 0 Å². The third-order valence-electron chi connectivity index (χ3n) is 5.42. The molecule has 162 valence electrons. The number of ether oxygens (including phenoxy) is 2. The molecule has 0 unspecified atom stereocenters. The molecule has 2 aromatic carbocycles. The molecule has 0 spiro atoms. The predicted molar refractivity (Wildman–Crippen MR) is 122 cm³/mol. The van der Waals surface area contributed by atoms with E-state index in [1.807, 2.05) is 45.0 Å². The zero-order valence-corrected chi connectivity index (χ0v) is 18.3. The average molecular weight is 421 g/mol. The van der Waals surface area contributed by atoms with Gasteiger partial charge in [0.2, 0.25) is 0 Å². The minimum atomic E-state index is -0.470. The number of carbonyl (C=O) groups excluding carboxylic acids is 1. The fourth-order valence-electron chi connectivity index (χ4n) is 3.52. The lowest BCUT2D eigenvalue weighted by atomic mass is 10.1. The van der Waals surface area contributed by atoms with E-state index < -0.39 is 5.97 Å². The van der Waals surface area contributed by atoms with Gasteiger partial charge < -0.3 is 19.7 Å². The molecule has 1 aromatic heterocycles. The molecule has 3 aromatic rings. The minimum Gasteiger partial charge on any atom is -0.461 e. The summed E-state index contributed by atoms with van der Waals surface area (Å²) in [7, 11) is 0. The average Bonchev–Trinajstić information content (AvgIpc) is 2.79. The van der Waals surface area contributed by atoms with Crippen molar-refractivity contribution < 1.29 is 14.3 Å². The number of anilines is 3. The molecular weight excluding hydrogens is 392 g/mol. The van der Waals surface area contributed by atoms with Gasteiger partial charge >= 0.3 is 5.97 Å². The van der Waals surface area contributed by atoms with Crippen LogP contribution in [-0.2, 0) is 9.47 Å². The van der Waals surface area contributed by atoms with E-state index in [2.05, 4.69) is 27.3 Å². The maximum Gasteiger partial charge on any atom is 0.360 e. The molecule has 1 saturated heterocycles. The highest BCUT2D eigenvalue weighted by molar-refractivity contribution is 5.96. The van der Waals surface area contributed by atoms with Crippen LogP contribution in [0.1, 0.15) is 35.0 Å². The molecule has 7 heteroatoms. The topological polar surface area (TPSA) is 76.6 Å². The van der Waals surface area contributed by atoms with Crippen LogP contribution in [0, 0.1) is 13.8 Å². The SMILES string of the molecule is CCCOC(=O)c1nc2cc(C)c(C)cc2nc1Nc1ccc(N2CCOCC2)cc1. The van der Waals surface area contributed by atoms with E-state index in [1.165, 1.54) is 0 Å². The van der Waals surface area contributed by atoms with Gasteiger partial charge in [0.05, 0.1) is 30.9 Å². The van der Waals surface area contributed by atoms with Crippen molar-refractivity contribution in [2.45, 2.75) is 27.2 Å². The minimum absolute atomic E-state index is 0.196. The van der Waals surface area contributed by atoms with Crippen molar-refractivity contribution in [1.82, 2.24) is 9.97 Å². The van der Waals surface area contributed by atoms with Gasteiger partial charge in [-0.05, 0) is 67.8 Å². The van der Waals surface area contributed by atoms with Crippen LogP contribution in [-0.4, -0.2) is 48.8 Å². The third-order valence-corrected chi connectivity index (χ3v) is 5.42. The van der Waals surface area contributed by atoms with Crippen molar-refractivity contribution in [3.05, 3.63) is 53.2 Å². The molecule has 1 N–H and O–H groups in total. The van der Waals surface area contributed by atoms with Crippen molar-refractivity contribution >= 4 is 34.2 Å². The van der Waals surface area contributed by atoms with Crippen LogP contribution >= 0.6 is 0 Å². The van der Waals surface area contributed by atoms with Gasteiger partial charge in [0.25, 0.3) is 0 Å². The molecule has 0 aliphatic carbocycles. The Labute approximate surface area is 182 Å². The summed E-state index contributed by atoms with van der Waals surface area (Å²) >= 11 is 0. The first-order valence-corrected chi connectivity index (χ1v) is 10.7. The Morgan fingerprint density at radius 2 is 1.71 bits per heavy atom. The summed E-state index contributed by atoms with van der Waals surface area (Å²) in [5.41, 5.74) is 5.83. The van der Waals surface area contributed by atoms with Crippen LogP contribution in [0.2, 0.25) is 0 Å². The highest BCUT2D eigenvalue weighted by Crippen LogP contribution is 2.26. The maximum atomic E-state index is 12.7. The highest BCUT2D eigenvalue weighted by Gasteiger charge is 2.19. The summed E-state index contributed by atoms with van der Waals surface area (Å²) in [6, 6.07) is 12.0. The first-order chi connectivity index (χ1) is 15.0. The second kappa shape index (κ2) is 9.31. The van der Waals surface area contributed by atoms with Gasteiger partial charge in [-0.2, -0.15) is 0 Å².